The van der Waals surface area contributed by atoms with E-state index in [1.165, 1.54) is 6.08 Å². The number of benzene rings is 2. The zero-order valence-electron chi connectivity index (χ0n) is 10.5. The topological polar surface area (TPSA) is 52.9 Å². The zero-order valence-corrected chi connectivity index (χ0v) is 11.3. The minimum atomic E-state index is -0.436. The number of nitrogens with zero attached hydrogens (tertiary/aromatic N) is 1. The van der Waals surface area contributed by atoms with Crippen LogP contribution in [0.4, 0.5) is 5.69 Å². The molecule has 0 atom stereocenters. The first kappa shape index (κ1) is 13.9. The van der Waals surface area contributed by atoms with Gasteiger partial charge in [-0.15, -0.1) is 0 Å². The minimum Gasteiger partial charge on any atom is -0.321 e. The summed E-state index contributed by atoms with van der Waals surface area (Å²) in [5.74, 6) is -0.436. The maximum Gasteiger partial charge on any atom is 0.266 e. The average Bonchev–Trinajstić information content (AvgIpc) is 2.47. The number of nitriles is 1. The van der Waals surface area contributed by atoms with Crippen LogP contribution in [0.3, 0.4) is 0 Å². The van der Waals surface area contributed by atoms with Gasteiger partial charge in [-0.25, -0.2) is 0 Å². The van der Waals surface area contributed by atoms with Gasteiger partial charge >= 0.3 is 0 Å². The first-order chi connectivity index (χ1) is 9.69. The molecular formula is C16H11ClN2O. The van der Waals surface area contributed by atoms with E-state index in [9.17, 15) is 4.79 Å². The first-order valence-electron chi connectivity index (χ1n) is 5.93. The molecule has 0 spiro atoms. The number of amides is 1. The second kappa shape index (κ2) is 6.55. The third-order valence-electron chi connectivity index (χ3n) is 2.58. The molecule has 0 saturated carbocycles. The fourth-order valence-electron chi connectivity index (χ4n) is 1.59. The molecule has 0 heterocycles. The number of rotatable bonds is 3. The number of hydrogen-bond acceptors (Lipinski definition) is 2. The molecule has 0 aliphatic rings. The molecule has 1 N–H and O–H groups in total. The lowest BCUT2D eigenvalue weighted by atomic mass is 10.1. The van der Waals surface area contributed by atoms with E-state index >= 15 is 0 Å². The van der Waals surface area contributed by atoms with Gasteiger partial charge in [0.1, 0.15) is 11.6 Å². The number of carbonyl (C=O) groups excluding carboxylic acids is 1. The average molecular weight is 283 g/mol. The Morgan fingerprint density at radius 3 is 2.35 bits per heavy atom. The molecule has 1 amide bonds. The summed E-state index contributed by atoms with van der Waals surface area (Å²) in [5, 5.41) is 12.4. The second-order valence-corrected chi connectivity index (χ2v) is 4.48. The zero-order chi connectivity index (χ0) is 14.4. The number of nitrogens with one attached hydrogen (secondary N) is 1. The number of halogens is 1. The standard InChI is InChI=1S/C16H11ClN2O/c17-14-8-6-12(7-9-14)10-13(11-18)16(20)19-15-4-2-1-3-5-15/h1-10H,(H,19,20)/b13-10-. The first-order valence-corrected chi connectivity index (χ1v) is 6.30. The molecular weight excluding hydrogens is 272 g/mol. The summed E-state index contributed by atoms with van der Waals surface area (Å²) >= 11 is 5.79. The molecule has 2 aromatic carbocycles. The molecule has 0 aromatic heterocycles. The van der Waals surface area contributed by atoms with Crippen molar-refractivity contribution < 1.29 is 4.79 Å². The van der Waals surface area contributed by atoms with E-state index in [-0.39, 0.29) is 5.57 Å². The van der Waals surface area contributed by atoms with Crippen LogP contribution < -0.4 is 5.32 Å². The normalized spacial score (nSPS) is 10.7. The van der Waals surface area contributed by atoms with Crippen molar-refractivity contribution in [2.24, 2.45) is 0 Å². The summed E-state index contributed by atoms with van der Waals surface area (Å²) in [4.78, 5) is 12.0. The smallest absolute Gasteiger partial charge is 0.266 e. The number of anilines is 1. The van der Waals surface area contributed by atoms with Gasteiger partial charge < -0.3 is 5.32 Å². The maximum absolute atomic E-state index is 12.0. The highest BCUT2D eigenvalue weighted by atomic mass is 35.5. The molecule has 2 aromatic rings. The van der Waals surface area contributed by atoms with Crippen LogP contribution in [0.15, 0.2) is 60.2 Å². The highest BCUT2D eigenvalue weighted by Gasteiger charge is 2.09. The van der Waals surface area contributed by atoms with E-state index in [0.29, 0.717) is 10.7 Å². The van der Waals surface area contributed by atoms with Crippen LogP contribution >= 0.6 is 11.6 Å². The van der Waals surface area contributed by atoms with Gasteiger partial charge in [-0.3, -0.25) is 4.79 Å². The molecule has 0 fully saturated rings. The van der Waals surface area contributed by atoms with Gasteiger partial charge in [0.25, 0.3) is 5.91 Å². The van der Waals surface area contributed by atoms with Crippen molar-refractivity contribution in [1.82, 2.24) is 0 Å². The van der Waals surface area contributed by atoms with Crippen LogP contribution in [0.25, 0.3) is 6.08 Å². The van der Waals surface area contributed by atoms with Crippen LogP contribution in [0.2, 0.25) is 5.02 Å². The van der Waals surface area contributed by atoms with Gasteiger partial charge in [-0.2, -0.15) is 5.26 Å². The number of para-hydroxylation sites is 1. The summed E-state index contributed by atoms with van der Waals surface area (Å²) in [6.07, 6.45) is 1.52. The van der Waals surface area contributed by atoms with Crippen molar-refractivity contribution in [3.8, 4) is 6.07 Å². The lowest BCUT2D eigenvalue weighted by molar-refractivity contribution is -0.112. The fourth-order valence-corrected chi connectivity index (χ4v) is 1.72. The van der Waals surface area contributed by atoms with Gasteiger partial charge in [0.05, 0.1) is 0 Å². The molecule has 20 heavy (non-hydrogen) atoms. The van der Waals surface area contributed by atoms with Gasteiger partial charge in [0, 0.05) is 10.7 Å². The van der Waals surface area contributed by atoms with Gasteiger partial charge in [-0.05, 0) is 35.9 Å². The van der Waals surface area contributed by atoms with Crippen molar-refractivity contribution in [3.63, 3.8) is 0 Å². The molecule has 2 rings (SSSR count). The number of hydrogen-bond donors (Lipinski definition) is 1. The Labute approximate surface area is 122 Å². The lowest BCUT2D eigenvalue weighted by Gasteiger charge is -2.03. The van der Waals surface area contributed by atoms with Crippen molar-refractivity contribution in [1.29, 1.82) is 5.26 Å². The van der Waals surface area contributed by atoms with E-state index in [2.05, 4.69) is 5.32 Å². The predicted molar refractivity (Wildman–Crippen MR) is 80.1 cm³/mol. The van der Waals surface area contributed by atoms with Crippen LogP contribution in [0.1, 0.15) is 5.56 Å². The van der Waals surface area contributed by atoms with Crippen molar-refractivity contribution in [3.05, 3.63) is 70.8 Å². The van der Waals surface area contributed by atoms with Gasteiger partial charge in [0.2, 0.25) is 0 Å². The number of carbonyl (C=O) groups is 1. The van der Waals surface area contributed by atoms with Crippen LogP contribution in [-0.2, 0) is 4.79 Å². The second-order valence-electron chi connectivity index (χ2n) is 4.04. The molecule has 0 bridgehead atoms. The SMILES string of the molecule is N#C/C(=C/c1ccc(Cl)cc1)C(=O)Nc1ccccc1. The Kier molecular flexibility index (Phi) is 4.54. The Morgan fingerprint density at radius 2 is 1.75 bits per heavy atom. The highest BCUT2D eigenvalue weighted by Crippen LogP contribution is 2.14. The summed E-state index contributed by atoms with van der Waals surface area (Å²) in [6, 6.07) is 17.8. The maximum atomic E-state index is 12.0. The molecule has 0 saturated heterocycles. The lowest BCUT2D eigenvalue weighted by Crippen LogP contribution is -2.13. The van der Waals surface area contributed by atoms with E-state index in [4.69, 9.17) is 16.9 Å². The van der Waals surface area contributed by atoms with Gasteiger partial charge in [0.15, 0.2) is 0 Å². The molecule has 0 aliphatic heterocycles. The monoisotopic (exact) mass is 282 g/mol. The Morgan fingerprint density at radius 1 is 1.10 bits per heavy atom. The van der Waals surface area contributed by atoms with Crippen LogP contribution in [0.5, 0.6) is 0 Å². The molecule has 4 heteroatoms. The molecule has 0 radical (unpaired) electrons. The Balaban J connectivity index is 2.18. The van der Waals surface area contributed by atoms with Crippen molar-refractivity contribution in [2.75, 3.05) is 5.32 Å². The van der Waals surface area contributed by atoms with Crippen molar-refractivity contribution >= 4 is 29.3 Å². The fraction of sp³-hybridized carbons (Fsp3) is 0. The summed E-state index contributed by atoms with van der Waals surface area (Å²) in [7, 11) is 0. The van der Waals surface area contributed by atoms with E-state index < -0.39 is 5.91 Å². The quantitative estimate of drug-likeness (QED) is 0.686. The third-order valence-corrected chi connectivity index (χ3v) is 2.83. The highest BCUT2D eigenvalue weighted by molar-refractivity contribution is 6.30. The summed E-state index contributed by atoms with van der Waals surface area (Å²) in [5.41, 5.74) is 1.43. The largest absolute Gasteiger partial charge is 0.321 e. The molecule has 0 aliphatic carbocycles. The van der Waals surface area contributed by atoms with Crippen molar-refractivity contribution in [2.45, 2.75) is 0 Å². The predicted octanol–water partition coefficient (Wildman–Crippen LogP) is 3.89. The van der Waals surface area contributed by atoms with E-state index in [1.54, 1.807) is 36.4 Å². The minimum absolute atomic E-state index is 0.0381. The van der Waals surface area contributed by atoms with Gasteiger partial charge in [-0.1, -0.05) is 41.9 Å². The third kappa shape index (κ3) is 3.71. The molecule has 3 nitrogen and oxygen atoms in total. The van der Waals surface area contributed by atoms with Crippen LogP contribution in [0, 0.1) is 11.3 Å². The summed E-state index contributed by atoms with van der Waals surface area (Å²) < 4.78 is 0. The molecule has 98 valence electrons. The Bertz CT molecular complexity index is 670. The Hall–Kier alpha value is -2.57. The van der Waals surface area contributed by atoms with E-state index in [1.807, 2.05) is 24.3 Å². The van der Waals surface area contributed by atoms with E-state index in [0.717, 1.165) is 5.56 Å². The van der Waals surface area contributed by atoms with Crippen LogP contribution in [-0.4, -0.2) is 5.91 Å². The molecule has 0 unspecified atom stereocenters. The summed E-state index contributed by atoms with van der Waals surface area (Å²) in [6.45, 7) is 0.